The zero-order chi connectivity index (χ0) is 20.0. The van der Waals surface area contributed by atoms with Gasteiger partial charge in [-0.15, -0.1) is 4.98 Å². The molecule has 0 aliphatic rings. The molecule has 0 aliphatic heterocycles. The van der Waals surface area contributed by atoms with Crippen molar-refractivity contribution in [3.8, 4) is 12.0 Å². The zero-order valence-corrected chi connectivity index (χ0v) is 17.9. The van der Waals surface area contributed by atoms with Crippen molar-refractivity contribution in [2.24, 2.45) is 0 Å². The number of rotatable bonds is 16. The molecule has 1 heterocycles. The van der Waals surface area contributed by atoms with Gasteiger partial charge in [-0.1, -0.05) is 0 Å². The number of hydrogen-bond acceptors (Lipinski definition) is 10. The first kappa shape index (κ1) is 23.7. The third kappa shape index (κ3) is 8.91. The lowest BCUT2D eigenvalue weighted by atomic mass is 10.7. The highest BCUT2D eigenvalue weighted by atomic mass is 28.4. The maximum absolute atomic E-state index is 5.86. The lowest BCUT2D eigenvalue weighted by molar-refractivity contribution is 0.0696. The Morgan fingerprint density at radius 3 is 1.48 bits per heavy atom. The topological polar surface area (TPSA) is 103 Å². The average molecular weight is 406 g/mol. The molecule has 0 fully saturated rings. The van der Waals surface area contributed by atoms with Crippen LogP contribution in [-0.4, -0.2) is 84.2 Å². The first-order valence-electron chi connectivity index (χ1n) is 9.03. The molecule has 0 saturated heterocycles. The number of ether oxygens (including phenoxy) is 4. The minimum Gasteiger partial charge on any atom is -0.461 e. The van der Waals surface area contributed by atoms with Crippen LogP contribution in [0.1, 0.15) is 26.6 Å². The molecule has 1 rings (SSSR count). The highest BCUT2D eigenvalue weighted by Crippen LogP contribution is 2.18. The first-order chi connectivity index (χ1) is 13.1. The van der Waals surface area contributed by atoms with E-state index >= 15 is 0 Å². The van der Waals surface area contributed by atoms with Crippen LogP contribution in [0, 0.1) is 0 Å². The van der Waals surface area contributed by atoms with Crippen molar-refractivity contribution in [2.45, 2.75) is 26.8 Å². The standard InChI is InChI=1S/C16H31N3O7Si/c1-6-24-27(25-7-2,26-8-3)13-14-17-15(22-11-9-20-4)19-16(18-14)23-12-10-21-5/h6-13H2,1-5H3. The largest absolute Gasteiger partial charge is 0.508 e. The molecular weight excluding hydrogens is 374 g/mol. The van der Waals surface area contributed by atoms with Gasteiger partial charge in [-0.3, -0.25) is 0 Å². The van der Waals surface area contributed by atoms with E-state index < -0.39 is 8.80 Å². The van der Waals surface area contributed by atoms with Gasteiger partial charge in [-0.05, 0) is 20.8 Å². The summed E-state index contributed by atoms with van der Waals surface area (Å²) in [6, 6.07) is 0.584. The fourth-order valence-corrected chi connectivity index (χ4v) is 4.57. The summed E-state index contributed by atoms with van der Waals surface area (Å²) in [7, 11) is 0.210. The number of hydrogen-bond donors (Lipinski definition) is 0. The molecule has 11 heteroatoms. The Hall–Kier alpha value is -1.37. The molecule has 156 valence electrons. The number of aromatic nitrogens is 3. The molecule has 0 radical (unpaired) electrons. The SMILES string of the molecule is CCO[Si](Cc1nc(OCCOC)nc(OCCOC)n1)(OCC)OCC. The average Bonchev–Trinajstić information content (AvgIpc) is 2.63. The van der Waals surface area contributed by atoms with Crippen molar-refractivity contribution in [3.63, 3.8) is 0 Å². The minimum absolute atomic E-state index is 0.150. The molecule has 0 N–H and O–H groups in total. The summed E-state index contributed by atoms with van der Waals surface area (Å²) in [6.07, 6.45) is 0. The van der Waals surface area contributed by atoms with Gasteiger partial charge in [0.2, 0.25) is 0 Å². The van der Waals surface area contributed by atoms with Crippen LogP contribution in [0.15, 0.2) is 0 Å². The summed E-state index contributed by atoms with van der Waals surface area (Å²) in [5, 5.41) is 0. The first-order valence-corrected chi connectivity index (χ1v) is 11.0. The molecule has 0 spiro atoms. The van der Waals surface area contributed by atoms with Crippen LogP contribution < -0.4 is 9.47 Å². The van der Waals surface area contributed by atoms with Crippen LogP contribution in [0.25, 0.3) is 0 Å². The molecular formula is C16H31N3O7Si. The maximum Gasteiger partial charge on any atom is 0.508 e. The molecule has 1 aromatic heterocycles. The summed E-state index contributed by atoms with van der Waals surface area (Å²) in [5.41, 5.74) is 0. The van der Waals surface area contributed by atoms with Crippen molar-refractivity contribution in [3.05, 3.63) is 5.82 Å². The molecule has 10 nitrogen and oxygen atoms in total. The van der Waals surface area contributed by atoms with E-state index in [1.807, 2.05) is 20.8 Å². The molecule has 0 aliphatic carbocycles. The van der Waals surface area contributed by atoms with Crippen LogP contribution in [0.2, 0.25) is 0 Å². The Morgan fingerprint density at radius 2 is 1.11 bits per heavy atom. The maximum atomic E-state index is 5.86. The predicted molar refractivity (Wildman–Crippen MR) is 98.9 cm³/mol. The van der Waals surface area contributed by atoms with E-state index in [4.69, 9.17) is 32.2 Å². The third-order valence-electron chi connectivity index (χ3n) is 3.15. The summed E-state index contributed by atoms with van der Waals surface area (Å²) < 4.78 is 38.6. The van der Waals surface area contributed by atoms with E-state index in [0.29, 0.717) is 52.1 Å². The van der Waals surface area contributed by atoms with Gasteiger partial charge in [0.05, 0.1) is 19.3 Å². The van der Waals surface area contributed by atoms with Gasteiger partial charge in [0.25, 0.3) is 0 Å². The van der Waals surface area contributed by atoms with Crippen LogP contribution in [0.3, 0.4) is 0 Å². The Morgan fingerprint density at radius 1 is 0.667 bits per heavy atom. The zero-order valence-electron chi connectivity index (χ0n) is 16.9. The second-order valence-electron chi connectivity index (χ2n) is 5.16. The Kier molecular flexibility index (Phi) is 12.0. The molecule has 1 aromatic rings. The second-order valence-corrected chi connectivity index (χ2v) is 7.74. The van der Waals surface area contributed by atoms with Crippen LogP contribution in [0.4, 0.5) is 0 Å². The van der Waals surface area contributed by atoms with E-state index in [2.05, 4.69) is 15.0 Å². The summed E-state index contributed by atoms with van der Waals surface area (Å²) in [6.45, 7) is 8.52. The summed E-state index contributed by atoms with van der Waals surface area (Å²) in [4.78, 5) is 12.9. The quantitative estimate of drug-likeness (QED) is 0.293. The molecule has 0 saturated carbocycles. The smallest absolute Gasteiger partial charge is 0.461 e. The van der Waals surface area contributed by atoms with Gasteiger partial charge in [-0.25, -0.2) is 0 Å². The van der Waals surface area contributed by atoms with E-state index in [9.17, 15) is 0 Å². The van der Waals surface area contributed by atoms with Gasteiger partial charge in [-0.2, -0.15) is 9.97 Å². The van der Waals surface area contributed by atoms with E-state index in [1.165, 1.54) is 0 Å². The number of nitrogens with zero attached hydrogens (tertiary/aromatic N) is 3. The number of methoxy groups -OCH3 is 2. The normalized spacial score (nSPS) is 11.6. The van der Waals surface area contributed by atoms with Crippen LogP contribution in [-0.2, 0) is 28.8 Å². The molecule has 0 aromatic carbocycles. The van der Waals surface area contributed by atoms with Gasteiger partial charge >= 0.3 is 20.8 Å². The van der Waals surface area contributed by atoms with Gasteiger partial charge in [0.1, 0.15) is 19.0 Å². The minimum atomic E-state index is -2.97. The Bertz CT molecular complexity index is 480. The molecule has 27 heavy (non-hydrogen) atoms. The van der Waals surface area contributed by atoms with Crippen LogP contribution >= 0.6 is 0 Å². The van der Waals surface area contributed by atoms with Gasteiger partial charge in [0.15, 0.2) is 0 Å². The predicted octanol–water partition coefficient (Wildman–Crippen LogP) is 1.05. The lowest BCUT2D eigenvalue weighted by Crippen LogP contribution is -2.49. The molecule has 0 amide bonds. The Balaban J connectivity index is 3.04. The Labute approximate surface area is 161 Å². The van der Waals surface area contributed by atoms with Crippen molar-refractivity contribution >= 4 is 8.80 Å². The highest BCUT2D eigenvalue weighted by Gasteiger charge is 2.42. The fourth-order valence-electron chi connectivity index (χ4n) is 2.15. The molecule has 0 unspecified atom stereocenters. The van der Waals surface area contributed by atoms with Crippen molar-refractivity contribution in [1.82, 2.24) is 15.0 Å². The third-order valence-corrected chi connectivity index (χ3v) is 6.08. The van der Waals surface area contributed by atoms with Gasteiger partial charge in [0, 0.05) is 34.0 Å². The summed E-state index contributed by atoms with van der Waals surface area (Å²) in [5.74, 6) is 0.423. The van der Waals surface area contributed by atoms with E-state index in [0.717, 1.165) is 0 Å². The lowest BCUT2D eigenvalue weighted by Gasteiger charge is -2.27. The van der Waals surface area contributed by atoms with Crippen molar-refractivity contribution in [2.75, 3.05) is 60.5 Å². The van der Waals surface area contributed by atoms with E-state index in [1.54, 1.807) is 14.2 Å². The van der Waals surface area contributed by atoms with Crippen LogP contribution in [0.5, 0.6) is 12.0 Å². The van der Waals surface area contributed by atoms with Crippen molar-refractivity contribution in [1.29, 1.82) is 0 Å². The van der Waals surface area contributed by atoms with Gasteiger partial charge < -0.3 is 32.2 Å². The van der Waals surface area contributed by atoms with Crippen molar-refractivity contribution < 1.29 is 32.2 Å². The van der Waals surface area contributed by atoms with E-state index in [-0.39, 0.29) is 18.1 Å². The highest BCUT2D eigenvalue weighted by molar-refractivity contribution is 6.60. The molecule has 0 atom stereocenters. The fraction of sp³-hybridized carbons (Fsp3) is 0.812. The molecule has 0 bridgehead atoms. The second kappa shape index (κ2) is 13.7. The monoisotopic (exact) mass is 405 g/mol. The summed E-state index contributed by atoms with van der Waals surface area (Å²) >= 11 is 0.